The van der Waals surface area contributed by atoms with Crippen molar-refractivity contribution in [3.05, 3.63) is 0 Å². The van der Waals surface area contributed by atoms with Gasteiger partial charge >= 0.3 is 0 Å². The Balaban J connectivity index is 2.33. The molecule has 0 radical (unpaired) electrons. The number of hydrogen-bond acceptors (Lipinski definition) is 3. The van der Waals surface area contributed by atoms with Crippen molar-refractivity contribution in [2.75, 3.05) is 20.2 Å². The molecule has 0 aromatic carbocycles. The maximum absolute atomic E-state index is 11.9. The summed E-state index contributed by atoms with van der Waals surface area (Å²) >= 11 is 0. The van der Waals surface area contributed by atoms with E-state index in [4.69, 9.17) is 10.5 Å². The highest BCUT2D eigenvalue weighted by Gasteiger charge is 2.28. The van der Waals surface area contributed by atoms with Crippen molar-refractivity contribution in [3.63, 3.8) is 0 Å². The minimum Gasteiger partial charge on any atom is -0.380 e. The molecule has 2 N–H and O–H groups in total. The van der Waals surface area contributed by atoms with Crippen LogP contribution in [-0.4, -0.2) is 43.2 Å². The summed E-state index contributed by atoms with van der Waals surface area (Å²) in [5.74, 6) is 0.0861. The summed E-state index contributed by atoms with van der Waals surface area (Å²) in [5.41, 5.74) is 5.84. The third-order valence-electron chi connectivity index (χ3n) is 2.98. The van der Waals surface area contributed by atoms with E-state index >= 15 is 0 Å². The molecule has 0 saturated carbocycles. The van der Waals surface area contributed by atoms with E-state index in [9.17, 15) is 4.79 Å². The SMILES string of the molecule is CCCC[C@H](N)C(=O)N1CCC(OC)C1. The van der Waals surface area contributed by atoms with Gasteiger partial charge in [-0.25, -0.2) is 0 Å². The topological polar surface area (TPSA) is 55.6 Å². The average Bonchev–Trinajstić information content (AvgIpc) is 2.73. The Morgan fingerprint density at radius 3 is 2.93 bits per heavy atom. The summed E-state index contributed by atoms with van der Waals surface area (Å²) in [5, 5.41) is 0. The van der Waals surface area contributed by atoms with Crippen LogP contribution >= 0.6 is 0 Å². The monoisotopic (exact) mass is 214 g/mol. The lowest BCUT2D eigenvalue weighted by atomic mass is 10.1. The number of carbonyl (C=O) groups excluding carboxylic acids is 1. The second-order valence-electron chi connectivity index (χ2n) is 4.18. The average molecular weight is 214 g/mol. The lowest BCUT2D eigenvalue weighted by Gasteiger charge is -2.20. The van der Waals surface area contributed by atoms with Crippen molar-refractivity contribution in [1.82, 2.24) is 4.90 Å². The zero-order valence-corrected chi connectivity index (χ0v) is 9.74. The maximum Gasteiger partial charge on any atom is 0.239 e. The number of hydrogen-bond donors (Lipinski definition) is 1. The van der Waals surface area contributed by atoms with Crippen LogP contribution in [0.2, 0.25) is 0 Å². The van der Waals surface area contributed by atoms with E-state index in [-0.39, 0.29) is 18.1 Å². The van der Waals surface area contributed by atoms with Gasteiger partial charge in [0.25, 0.3) is 0 Å². The third-order valence-corrected chi connectivity index (χ3v) is 2.98. The molecule has 0 spiro atoms. The van der Waals surface area contributed by atoms with E-state index in [1.165, 1.54) is 0 Å². The molecule has 1 unspecified atom stereocenters. The van der Waals surface area contributed by atoms with Gasteiger partial charge in [-0.15, -0.1) is 0 Å². The van der Waals surface area contributed by atoms with Gasteiger partial charge in [0.15, 0.2) is 0 Å². The highest BCUT2D eigenvalue weighted by molar-refractivity contribution is 5.81. The molecule has 15 heavy (non-hydrogen) atoms. The van der Waals surface area contributed by atoms with Gasteiger partial charge in [-0.3, -0.25) is 4.79 Å². The molecule has 0 aromatic heterocycles. The fourth-order valence-corrected chi connectivity index (χ4v) is 1.90. The number of carbonyl (C=O) groups is 1. The van der Waals surface area contributed by atoms with Crippen molar-refractivity contribution >= 4 is 5.91 Å². The highest BCUT2D eigenvalue weighted by Crippen LogP contribution is 2.13. The summed E-state index contributed by atoms with van der Waals surface area (Å²) < 4.78 is 5.22. The van der Waals surface area contributed by atoms with Crippen LogP contribution < -0.4 is 5.73 Å². The van der Waals surface area contributed by atoms with Crippen LogP contribution in [-0.2, 0) is 9.53 Å². The number of rotatable bonds is 5. The van der Waals surface area contributed by atoms with Gasteiger partial charge in [0.1, 0.15) is 0 Å². The summed E-state index contributed by atoms with van der Waals surface area (Å²) in [6, 6.07) is -0.319. The number of nitrogens with two attached hydrogens (primary N) is 1. The van der Waals surface area contributed by atoms with E-state index < -0.39 is 0 Å². The van der Waals surface area contributed by atoms with Gasteiger partial charge in [0, 0.05) is 20.2 Å². The first kappa shape index (κ1) is 12.5. The molecule has 0 aliphatic carbocycles. The molecule has 4 nitrogen and oxygen atoms in total. The Morgan fingerprint density at radius 1 is 1.67 bits per heavy atom. The Morgan fingerprint density at radius 2 is 2.40 bits per heavy atom. The van der Waals surface area contributed by atoms with Gasteiger partial charge < -0.3 is 15.4 Å². The lowest BCUT2D eigenvalue weighted by Crippen LogP contribution is -2.43. The second kappa shape index (κ2) is 6.08. The third kappa shape index (κ3) is 3.47. The molecule has 88 valence electrons. The van der Waals surface area contributed by atoms with Crippen LogP contribution in [0.3, 0.4) is 0 Å². The Labute approximate surface area is 91.8 Å². The summed E-state index contributed by atoms with van der Waals surface area (Å²) in [7, 11) is 1.69. The molecule has 1 aliphatic heterocycles. The van der Waals surface area contributed by atoms with E-state index in [0.717, 1.165) is 32.2 Å². The second-order valence-corrected chi connectivity index (χ2v) is 4.18. The maximum atomic E-state index is 11.9. The van der Waals surface area contributed by atoms with E-state index in [1.807, 2.05) is 4.90 Å². The molecule has 0 bridgehead atoms. The summed E-state index contributed by atoms with van der Waals surface area (Å²) in [4.78, 5) is 13.7. The number of amides is 1. The van der Waals surface area contributed by atoms with Gasteiger partial charge in [0.05, 0.1) is 12.1 Å². The molecular formula is C11H22N2O2. The molecule has 1 aliphatic rings. The van der Waals surface area contributed by atoms with Gasteiger partial charge in [-0.1, -0.05) is 19.8 Å². The molecule has 1 amide bonds. The quantitative estimate of drug-likeness (QED) is 0.735. The normalized spacial score (nSPS) is 23.1. The zero-order chi connectivity index (χ0) is 11.3. The predicted octanol–water partition coefficient (Wildman–Crippen LogP) is 0.751. The molecule has 0 aromatic rings. The zero-order valence-electron chi connectivity index (χ0n) is 9.74. The van der Waals surface area contributed by atoms with Crippen molar-refractivity contribution in [2.24, 2.45) is 5.73 Å². The fraction of sp³-hybridized carbons (Fsp3) is 0.909. The van der Waals surface area contributed by atoms with Crippen molar-refractivity contribution < 1.29 is 9.53 Å². The number of unbranched alkanes of at least 4 members (excludes halogenated alkanes) is 1. The van der Waals surface area contributed by atoms with Crippen molar-refractivity contribution in [3.8, 4) is 0 Å². The highest BCUT2D eigenvalue weighted by atomic mass is 16.5. The van der Waals surface area contributed by atoms with Crippen molar-refractivity contribution in [1.29, 1.82) is 0 Å². The standard InChI is InChI=1S/C11H22N2O2/c1-3-4-5-10(12)11(14)13-7-6-9(8-13)15-2/h9-10H,3-8,12H2,1-2H3/t9?,10-/m0/s1. The number of nitrogens with zero attached hydrogens (tertiary/aromatic N) is 1. The molecule has 1 rings (SSSR count). The molecule has 1 fully saturated rings. The largest absolute Gasteiger partial charge is 0.380 e. The van der Waals surface area contributed by atoms with Crippen LogP contribution in [0.25, 0.3) is 0 Å². The van der Waals surface area contributed by atoms with Crippen LogP contribution in [0.1, 0.15) is 32.6 Å². The number of methoxy groups -OCH3 is 1. The molecule has 1 heterocycles. The van der Waals surface area contributed by atoms with E-state index in [2.05, 4.69) is 6.92 Å². The van der Waals surface area contributed by atoms with Crippen LogP contribution in [0, 0.1) is 0 Å². The first-order valence-electron chi connectivity index (χ1n) is 5.76. The number of ether oxygens (including phenoxy) is 1. The van der Waals surface area contributed by atoms with E-state index in [0.29, 0.717) is 6.54 Å². The molecule has 2 atom stereocenters. The van der Waals surface area contributed by atoms with Crippen LogP contribution in [0.4, 0.5) is 0 Å². The summed E-state index contributed by atoms with van der Waals surface area (Å²) in [6.45, 7) is 3.60. The first-order chi connectivity index (χ1) is 7.19. The molecule has 1 saturated heterocycles. The minimum absolute atomic E-state index is 0.0861. The van der Waals surface area contributed by atoms with E-state index in [1.54, 1.807) is 7.11 Å². The Hall–Kier alpha value is -0.610. The summed E-state index contributed by atoms with van der Waals surface area (Å²) in [6.07, 6.45) is 4.04. The lowest BCUT2D eigenvalue weighted by molar-refractivity contribution is -0.132. The van der Waals surface area contributed by atoms with Crippen LogP contribution in [0.5, 0.6) is 0 Å². The molecule has 4 heteroatoms. The van der Waals surface area contributed by atoms with Gasteiger partial charge in [-0.2, -0.15) is 0 Å². The first-order valence-corrected chi connectivity index (χ1v) is 5.76. The predicted molar refractivity (Wildman–Crippen MR) is 59.5 cm³/mol. The fourth-order valence-electron chi connectivity index (χ4n) is 1.90. The van der Waals surface area contributed by atoms with Crippen LogP contribution in [0.15, 0.2) is 0 Å². The van der Waals surface area contributed by atoms with Gasteiger partial charge in [-0.05, 0) is 12.8 Å². The Bertz CT molecular complexity index is 209. The Kier molecular flexibility index (Phi) is 5.05. The smallest absolute Gasteiger partial charge is 0.239 e. The minimum atomic E-state index is -0.319. The van der Waals surface area contributed by atoms with Crippen molar-refractivity contribution in [2.45, 2.75) is 44.8 Å². The molecular weight excluding hydrogens is 192 g/mol. The van der Waals surface area contributed by atoms with Gasteiger partial charge in [0.2, 0.25) is 5.91 Å². The number of likely N-dealkylation sites (tertiary alicyclic amines) is 1.